The van der Waals surface area contributed by atoms with Crippen molar-refractivity contribution < 1.29 is 9.53 Å². The normalized spacial score (nSPS) is 12.3. The van der Waals surface area contributed by atoms with E-state index in [4.69, 9.17) is 10.5 Å². The number of nitrogens with one attached hydrogen (secondary N) is 1. The number of rotatable bonds is 7. The Kier molecular flexibility index (Phi) is 5.52. The number of thiazole rings is 1. The molecule has 0 bridgehead atoms. The van der Waals surface area contributed by atoms with E-state index in [0.717, 1.165) is 28.8 Å². The average Bonchev–Trinajstić information content (AvgIpc) is 2.86. The van der Waals surface area contributed by atoms with Gasteiger partial charge in [0.25, 0.3) is 0 Å². The first kappa shape index (κ1) is 15.7. The van der Waals surface area contributed by atoms with Crippen LogP contribution in [0.4, 0.5) is 5.13 Å². The standard InChI is InChI=1S/C15H21N3O2S/c1-10(7-8-16)3-6-14(19)18-15-17-12-5-4-11(20-2)9-13(12)21-15/h4-5,9-10H,3,6-8,16H2,1-2H3,(H,17,18,19). The lowest BCUT2D eigenvalue weighted by Crippen LogP contribution is -2.13. The van der Waals surface area contributed by atoms with Crippen molar-refractivity contribution >= 4 is 32.6 Å². The van der Waals surface area contributed by atoms with Crippen molar-refractivity contribution in [1.29, 1.82) is 0 Å². The molecular weight excluding hydrogens is 286 g/mol. The molecule has 1 unspecified atom stereocenters. The number of ether oxygens (including phenoxy) is 1. The first-order valence-electron chi connectivity index (χ1n) is 7.07. The first-order valence-corrected chi connectivity index (χ1v) is 7.88. The molecule has 114 valence electrons. The highest BCUT2D eigenvalue weighted by Gasteiger charge is 2.10. The van der Waals surface area contributed by atoms with Crippen LogP contribution in [-0.4, -0.2) is 24.5 Å². The van der Waals surface area contributed by atoms with Crippen molar-refractivity contribution in [3.05, 3.63) is 18.2 Å². The minimum Gasteiger partial charge on any atom is -0.497 e. The molecule has 0 spiro atoms. The lowest BCUT2D eigenvalue weighted by molar-refractivity contribution is -0.116. The van der Waals surface area contributed by atoms with Crippen LogP contribution in [0.3, 0.4) is 0 Å². The number of benzene rings is 1. The van der Waals surface area contributed by atoms with Gasteiger partial charge in [0.05, 0.1) is 17.3 Å². The summed E-state index contributed by atoms with van der Waals surface area (Å²) in [6.45, 7) is 2.78. The second-order valence-corrected chi connectivity index (χ2v) is 6.15. The number of hydrogen-bond acceptors (Lipinski definition) is 5. The van der Waals surface area contributed by atoms with E-state index < -0.39 is 0 Å². The molecule has 1 atom stereocenters. The SMILES string of the molecule is COc1ccc2nc(NC(=O)CCC(C)CCN)sc2c1. The molecule has 1 amide bonds. The predicted molar refractivity (Wildman–Crippen MR) is 86.9 cm³/mol. The summed E-state index contributed by atoms with van der Waals surface area (Å²) in [6, 6.07) is 5.68. The zero-order valence-electron chi connectivity index (χ0n) is 12.4. The molecule has 5 nitrogen and oxygen atoms in total. The molecule has 2 aromatic rings. The van der Waals surface area contributed by atoms with Crippen LogP contribution in [-0.2, 0) is 4.79 Å². The highest BCUT2D eigenvalue weighted by Crippen LogP contribution is 2.29. The Labute approximate surface area is 128 Å². The fourth-order valence-corrected chi connectivity index (χ4v) is 2.98. The smallest absolute Gasteiger partial charge is 0.226 e. The molecule has 0 radical (unpaired) electrons. The maximum atomic E-state index is 11.9. The van der Waals surface area contributed by atoms with E-state index in [-0.39, 0.29) is 5.91 Å². The monoisotopic (exact) mass is 307 g/mol. The molecule has 21 heavy (non-hydrogen) atoms. The third kappa shape index (κ3) is 4.41. The van der Waals surface area contributed by atoms with E-state index in [1.165, 1.54) is 11.3 Å². The van der Waals surface area contributed by atoms with E-state index >= 15 is 0 Å². The van der Waals surface area contributed by atoms with Gasteiger partial charge in [0.15, 0.2) is 5.13 Å². The largest absolute Gasteiger partial charge is 0.497 e. The molecule has 6 heteroatoms. The molecule has 3 N–H and O–H groups in total. The van der Waals surface area contributed by atoms with Crippen molar-refractivity contribution in [1.82, 2.24) is 4.98 Å². The summed E-state index contributed by atoms with van der Waals surface area (Å²) in [5, 5.41) is 3.50. The maximum absolute atomic E-state index is 11.9. The summed E-state index contributed by atoms with van der Waals surface area (Å²) in [7, 11) is 1.63. The zero-order chi connectivity index (χ0) is 15.2. The molecule has 2 rings (SSSR count). The molecule has 0 aliphatic rings. The summed E-state index contributed by atoms with van der Waals surface area (Å²) in [4.78, 5) is 16.3. The Morgan fingerprint density at radius 2 is 2.29 bits per heavy atom. The van der Waals surface area contributed by atoms with Gasteiger partial charge in [0.1, 0.15) is 5.75 Å². The summed E-state index contributed by atoms with van der Waals surface area (Å²) < 4.78 is 6.18. The molecule has 0 aliphatic heterocycles. The number of anilines is 1. The van der Waals surface area contributed by atoms with Crippen molar-refractivity contribution in [3.8, 4) is 5.75 Å². The quantitative estimate of drug-likeness (QED) is 0.824. The second kappa shape index (κ2) is 7.38. The molecule has 1 aromatic carbocycles. The van der Waals surface area contributed by atoms with Crippen molar-refractivity contribution in [2.75, 3.05) is 19.0 Å². The number of aromatic nitrogens is 1. The van der Waals surface area contributed by atoms with Crippen molar-refractivity contribution in [2.24, 2.45) is 11.7 Å². The maximum Gasteiger partial charge on any atom is 0.226 e. The van der Waals surface area contributed by atoms with E-state index in [9.17, 15) is 4.79 Å². The number of hydrogen-bond donors (Lipinski definition) is 2. The predicted octanol–water partition coefficient (Wildman–Crippen LogP) is 3.01. The van der Waals surface area contributed by atoms with Crippen LogP contribution in [0.2, 0.25) is 0 Å². The number of amides is 1. The fourth-order valence-electron chi connectivity index (χ4n) is 2.07. The minimum atomic E-state index is 0.00453. The van der Waals surface area contributed by atoms with Crippen LogP contribution in [0.15, 0.2) is 18.2 Å². The summed E-state index contributed by atoms with van der Waals surface area (Å²) >= 11 is 1.46. The molecular formula is C15H21N3O2S. The van der Waals surface area contributed by atoms with Gasteiger partial charge in [-0.05, 0) is 43.5 Å². The minimum absolute atomic E-state index is 0.00453. The Morgan fingerprint density at radius 3 is 3.00 bits per heavy atom. The molecule has 1 heterocycles. The molecule has 0 saturated heterocycles. The molecule has 0 aliphatic carbocycles. The second-order valence-electron chi connectivity index (χ2n) is 5.12. The fraction of sp³-hybridized carbons (Fsp3) is 0.467. The van der Waals surface area contributed by atoms with E-state index in [2.05, 4.69) is 17.2 Å². The number of methoxy groups -OCH3 is 1. The van der Waals surface area contributed by atoms with Crippen LogP contribution in [0.25, 0.3) is 10.2 Å². The number of carbonyl (C=O) groups is 1. The third-order valence-electron chi connectivity index (χ3n) is 3.37. The first-order chi connectivity index (χ1) is 10.1. The number of nitrogens with two attached hydrogens (primary N) is 1. The Hall–Kier alpha value is -1.66. The van der Waals surface area contributed by atoms with Gasteiger partial charge in [0.2, 0.25) is 5.91 Å². The van der Waals surface area contributed by atoms with Gasteiger partial charge >= 0.3 is 0 Å². The highest BCUT2D eigenvalue weighted by molar-refractivity contribution is 7.22. The molecule has 1 aromatic heterocycles. The van der Waals surface area contributed by atoms with Crippen LogP contribution >= 0.6 is 11.3 Å². The van der Waals surface area contributed by atoms with Gasteiger partial charge in [0, 0.05) is 6.42 Å². The van der Waals surface area contributed by atoms with Gasteiger partial charge in [-0.2, -0.15) is 0 Å². The topological polar surface area (TPSA) is 77.2 Å². The van der Waals surface area contributed by atoms with Gasteiger partial charge in [-0.15, -0.1) is 0 Å². The lowest BCUT2D eigenvalue weighted by atomic mass is 10.0. The van der Waals surface area contributed by atoms with Crippen molar-refractivity contribution in [3.63, 3.8) is 0 Å². The summed E-state index contributed by atoms with van der Waals surface area (Å²) in [6.07, 6.45) is 2.30. The molecule has 0 saturated carbocycles. The van der Waals surface area contributed by atoms with Gasteiger partial charge in [-0.25, -0.2) is 4.98 Å². The van der Waals surface area contributed by atoms with Gasteiger partial charge in [-0.3, -0.25) is 4.79 Å². The lowest BCUT2D eigenvalue weighted by Gasteiger charge is -2.08. The summed E-state index contributed by atoms with van der Waals surface area (Å²) in [5.74, 6) is 1.27. The number of carbonyl (C=O) groups excluding carboxylic acids is 1. The van der Waals surface area contributed by atoms with E-state index in [0.29, 0.717) is 24.0 Å². The summed E-state index contributed by atoms with van der Waals surface area (Å²) in [5.41, 5.74) is 6.38. The van der Waals surface area contributed by atoms with Crippen LogP contribution in [0.5, 0.6) is 5.75 Å². The Balaban J connectivity index is 1.94. The van der Waals surface area contributed by atoms with Crippen molar-refractivity contribution in [2.45, 2.75) is 26.2 Å². The van der Waals surface area contributed by atoms with E-state index in [1.807, 2.05) is 18.2 Å². The Morgan fingerprint density at radius 1 is 1.48 bits per heavy atom. The van der Waals surface area contributed by atoms with Crippen LogP contribution < -0.4 is 15.8 Å². The van der Waals surface area contributed by atoms with Gasteiger partial charge < -0.3 is 15.8 Å². The number of fused-ring (bicyclic) bond motifs is 1. The highest BCUT2D eigenvalue weighted by atomic mass is 32.1. The molecule has 0 fully saturated rings. The van der Waals surface area contributed by atoms with E-state index in [1.54, 1.807) is 7.11 Å². The Bertz CT molecular complexity index is 612. The van der Waals surface area contributed by atoms with Gasteiger partial charge in [-0.1, -0.05) is 18.3 Å². The number of nitrogens with zero attached hydrogens (tertiary/aromatic N) is 1. The third-order valence-corrected chi connectivity index (χ3v) is 4.30. The van der Waals surface area contributed by atoms with Crippen LogP contribution in [0.1, 0.15) is 26.2 Å². The van der Waals surface area contributed by atoms with Crippen LogP contribution in [0, 0.1) is 5.92 Å². The zero-order valence-corrected chi connectivity index (χ0v) is 13.2. The average molecular weight is 307 g/mol.